The summed E-state index contributed by atoms with van der Waals surface area (Å²) in [5, 5.41) is 0.585. The monoisotopic (exact) mass is 416 g/mol. The van der Waals surface area contributed by atoms with Gasteiger partial charge in [-0.15, -0.1) is 0 Å². The van der Waals surface area contributed by atoms with Crippen molar-refractivity contribution in [1.82, 2.24) is 9.55 Å². The van der Waals surface area contributed by atoms with Gasteiger partial charge in [-0.3, -0.25) is 14.2 Å². The van der Waals surface area contributed by atoms with Gasteiger partial charge in [0.25, 0.3) is 5.56 Å². The van der Waals surface area contributed by atoms with Gasteiger partial charge in [-0.1, -0.05) is 23.9 Å². The average Bonchev–Trinajstić information content (AvgIpc) is 3.53. The van der Waals surface area contributed by atoms with Crippen molar-refractivity contribution in [3.63, 3.8) is 0 Å². The van der Waals surface area contributed by atoms with E-state index in [1.54, 1.807) is 23.6 Å². The summed E-state index contributed by atoms with van der Waals surface area (Å²) >= 11 is 1.24. The Kier molecular flexibility index (Phi) is 5.36. The third-order valence-electron chi connectivity index (χ3n) is 4.70. The molecule has 4 rings (SSSR count). The van der Waals surface area contributed by atoms with Crippen molar-refractivity contribution in [3.05, 3.63) is 64.4 Å². The summed E-state index contributed by atoms with van der Waals surface area (Å²) in [7, 11) is 0. The molecule has 0 radical (unpaired) electrons. The molecule has 1 heterocycles. The highest BCUT2D eigenvalue weighted by Gasteiger charge is 2.30. The van der Waals surface area contributed by atoms with E-state index >= 15 is 0 Å². The summed E-state index contributed by atoms with van der Waals surface area (Å²) in [5.74, 6) is -0.182. The number of fused-ring (bicyclic) bond motifs is 1. The number of carbonyl (C=O) groups excluding carboxylic acids is 1. The molecule has 0 saturated heterocycles. The fraction of sp³-hybridized carbons (Fsp3) is 0.286. The van der Waals surface area contributed by atoms with E-state index in [9.17, 15) is 18.4 Å². The molecule has 3 aromatic rings. The number of ketones is 1. The molecular weight excluding hydrogens is 398 g/mol. The molecule has 0 N–H and O–H groups in total. The fourth-order valence-corrected chi connectivity index (χ4v) is 4.17. The maximum Gasteiger partial charge on any atom is 0.387 e. The average molecular weight is 416 g/mol. The van der Waals surface area contributed by atoms with Crippen LogP contribution in [0.2, 0.25) is 0 Å². The van der Waals surface area contributed by atoms with Crippen LogP contribution in [0.25, 0.3) is 10.9 Å². The highest BCUT2D eigenvalue weighted by molar-refractivity contribution is 8.00. The van der Waals surface area contributed by atoms with Crippen LogP contribution in [-0.4, -0.2) is 27.2 Å². The predicted molar refractivity (Wildman–Crippen MR) is 107 cm³/mol. The minimum atomic E-state index is -2.91. The molecule has 0 bridgehead atoms. The Bertz CT molecular complexity index is 1110. The molecule has 1 aromatic heterocycles. The SMILES string of the molecule is C[C@H](Sc1nc2ccccc2c(=O)n1C1CC1)C(=O)c1ccc(OC(F)F)cc1. The summed E-state index contributed by atoms with van der Waals surface area (Å²) in [5.41, 5.74) is 0.895. The minimum absolute atomic E-state index is 0.00405. The van der Waals surface area contributed by atoms with Crippen molar-refractivity contribution < 1.29 is 18.3 Å². The second-order valence-electron chi connectivity index (χ2n) is 6.85. The molecule has 5 nitrogen and oxygen atoms in total. The van der Waals surface area contributed by atoms with Crippen LogP contribution >= 0.6 is 11.8 Å². The van der Waals surface area contributed by atoms with E-state index in [1.165, 1.54) is 36.0 Å². The summed E-state index contributed by atoms with van der Waals surface area (Å²) < 4.78 is 30.6. The number of rotatable bonds is 7. The van der Waals surface area contributed by atoms with Gasteiger partial charge in [0.2, 0.25) is 0 Å². The number of hydrogen-bond donors (Lipinski definition) is 0. The first-order chi connectivity index (χ1) is 13.9. The Hall–Kier alpha value is -2.74. The summed E-state index contributed by atoms with van der Waals surface area (Å²) in [4.78, 5) is 30.4. The van der Waals surface area contributed by atoms with Gasteiger partial charge in [0.15, 0.2) is 10.9 Å². The molecule has 2 aromatic carbocycles. The van der Waals surface area contributed by atoms with Crippen LogP contribution < -0.4 is 10.3 Å². The zero-order valence-corrected chi connectivity index (χ0v) is 16.4. The second kappa shape index (κ2) is 7.94. The predicted octanol–water partition coefficient (Wildman–Crippen LogP) is 4.70. The van der Waals surface area contributed by atoms with Gasteiger partial charge in [0.1, 0.15) is 5.75 Å². The highest BCUT2D eigenvalue weighted by Crippen LogP contribution is 2.38. The van der Waals surface area contributed by atoms with Gasteiger partial charge in [-0.2, -0.15) is 8.78 Å². The number of ether oxygens (including phenoxy) is 1. The number of hydrogen-bond acceptors (Lipinski definition) is 5. The van der Waals surface area contributed by atoms with Crippen LogP contribution in [0.15, 0.2) is 58.5 Å². The van der Waals surface area contributed by atoms with Crippen molar-refractivity contribution in [2.45, 2.75) is 42.8 Å². The molecular formula is C21H18F2N2O3S. The molecule has 29 heavy (non-hydrogen) atoms. The first-order valence-electron chi connectivity index (χ1n) is 9.21. The molecule has 1 saturated carbocycles. The normalized spacial score (nSPS) is 14.9. The van der Waals surface area contributed by atoms with Crippen molar-refractivity contribution in [2.75, 3.05) is 0 Å². The third kappa shape index (κ3) is 4.17. The first kappa shape index (κ1) is 19.6. The third-order valence-corrected chi connectivity index (χ3v) is 5.77. The van der Waals surface area contributed by atoms with Gasteiger partial charge in [0, 0.05) is 11.6 Å². The molecule has 1 aliphatic carbocycles. The van der Waals surface area contributed by atoms with Crippen LogP contribution in [-0.2, 0) is 0 Å². The van der Waals surface area contributed by atoms with Crippen LogP contribution in [0.4, 0.5) is 8.78 Å². The number of benzene rings is 2. The number of Topliss-reactive ketones (excluding diaryl/α,β-unsaturated/α-hetero) is 1. The maximum atomic E-state index is 12.9. The number of halogens is 2. The number of nitrogens with zero attached hydrogens (tertiary/aromatic N) is 2. The molecule has 1 atom stereocenters. The highest BCUT2D eigenvalue weighted by atomic mass is 32.2. The zero-order valence-electron chi connectivity index (χ0n) is 15.5. The van der Waals surface area contributed by atoms with Crippen molar-refractivity contribution in [2.24, 2.45) is 0 Å². The first-order valence-corrected chi connectivity index (χ1v) is 10.1. The van der Waals surface area contributed by atoms with E-state index < -0.39 is 11.9 Å². The number of thioether (sulfide) groups is 1. The van der Waals surface area contributed by atoms with E-state index in [2.05, 4.69) is 9.72 Å². The Balaban J connectivity index is 1.60. The Morgan fingerprint density at radius 2 is 1.86 bits per heavy atom. The molecule has 8 heteroatoms. The van der Waals surface area contributed by atoms with Crippen molar-refractivity contribution >= 4 is 28.4 Å². The smallest absolute Gasteiger partial charge is 0.387 e. The van der Waals surface area contributed by atoms with Gasteiger partial charge in [0.05, 0.1) is 16.2 Å². The summed E-state index contributed by atoms with van der Waals surface area (Å²) in [6.07, 6.45) is 1.84. The summed E-state index contributed by atoms with van der Waals surface area (Å²) in [6, 6.07) is 12.9. The lowest BCUT2D eigenvalue weighted by molar-refractivity contribution is -0.0498. The van der Waals surface area contributed by atoms with Crippen LogP contribution in [0.3, 0.4) is 0 Å². The number of aromatic nitrogens is 2. The molecule has 0 amide bonds. The van der Waals surface area contributed by atoms with Gasteiger partial charge in [-0.05, 0) is 56.2 Å². The number of para-hydroxylation sites is 1. The Labute approximate surface area is 169 Å². The maximum absolute atomic E-state index is 12.9. The minimum Gasteiger partial charge on any atom is -0.435 e. The number of alkyl halides is 2. The lowest BCUT2D eigenvalue weighted by Gasteiger charge is -2.15. The van der Waals surface area contributed by atoms with Gasteiger partial charge in [-0.25, -0.2) is 4.98 Å². The topological polar surface area (TPSA) is 61.2 Å². The fourth-order valence-electron chi connectivity index (χ4n) is 3.11. The molecule has 1 aliphatic rings. The number of carbonyl (C=O) groups is 1. The molecule has 0 unspecified atom stereocenters. The quantitative estimate of drug-likeness (QED) is 0.318. The lowest BCUT2D eigenvalue weighted by atomic mass is 10.1. The van der Waals surface area contributed by atoms with Crippen LogP contribution in [0, 0.1) is 0 Å². The lowest BCUT2D eigenvalue weighted by Crippen LogP contribution is -2.24. The van der Waals surface area contributed by atoms with Crippen molar-refractivity contribution in [3.8, 4) is 5.75 Å². The second-order valence-corrected chi connectivity index (χ2v) is 8.15. The van der Waals surface area contributed by atoms with E-state index in [-0.39, 0.29) is 23.1 Å². The van der Waals surface area contributed by atoms with E-state index in [0.717, 1.165) is 12.8 Å². The molecule has 0 spiro atoms. The zero-order chi connectivity index (χ0) is 20.5. The molecule has 1 fully saturated rings. The van der Waals surface area contributed by atoms with Crippen LogP contribution in [0.5, 0.6) is 5.75 Å². The van der Waals surface area contributed by atoms with E-state index in [0.29, 0.717) is 21.6 Å². The molecule has 0 aliphatic heterocycles. The Morgan fingerprint density at radius 1 is 1.17 bits per heavy atom. The molecule has 150 valence electrons. The largest absolute Gasteiger partial charge is 0.435 e. The summed E-state index contributed by atoms with van der Waals surface area (Å²) in [6.45, 7) is -1.17. The van der Waals surface area contributed by atoms with Crippen molar-refractivity contribution in [1.29, 1.82) is 0 Å². The van der Waals surface area contributed by atoms with Crippen LogP contribution in [0.1, 0.15) is 36.2 Å². The van der Waals surface area contributed by atoms with E-state index in [1.807, 2.05) is 12.1 Å². The Morgan fingerprint density at radius 3 is 2.52 bits per heavy atom. The van der Waals surface area contributed by atoms with Gasteiger partial charge < -0.3 is 4.74 Å². The van der Waals surface area contributed by atoms with E-state index in [4.69, 9.17) is 0 Å². The van der Waals surface area contributed by atoms with Gasteiger partial charge >= 0.3 is 6.61 Å². The standard InChI is InChI=1S/C21H18F2N2O3S/c1-12(18(26)13-6-10-15(11-7-13)28-20(22)23)29-21-24-17-5-3-2-4-16(17)19(27)25(21)14-8-9-14/h2-7,10-12,14,20H,8-9H2,1H3/t12-/m0/s1.